The molecule has 0 spiro atoms. The van der Waals surface area contributed by atoms with Gasteiger partial charge >= 0.3 is 5.97 Å². The molecule has 0 radical (unpaired) electrons. The van der Waals surface area contributed by atoms with E-state index in [0.717, 1.165) is 12.0 Å². The minimum Gasteiger partial charge on any atom is -0.468 e. The van der Waals surface area contributed by atoms with Gasteiger partial charge in [0.2, 0.25) is 0 Å². The van der Waals surface area contributed by atoms with Gasteiger partial charge in [0.1, 0.15) is 0 Å². The van der Waals surface area contributed by atoms with Gasteiger partial charge in [0.25, 0.3) is 0 Å². The maximum Gasteiger partial charge on any atom is 0.322 e. The van der Waals surface area contributed by atoms with Crippen LogP contribution in [-0.4, -0.2) is 31.1 Å². The third kappa shape index (κ3) is 3.22. The fourth-order valence-electron chi connectivity index (χ4n) is 3.09. The Bertz CT molecular complexity index is 634. The molecule has 3 atom stereocenters. The van der Waals surface area contributed by atoms with Gasteiger partial charge in [-0.05, 0) is 39.2 Å². The zero-order chi connectivity index (χ0) is 17.2. The van der Waals surface area contributed by atoms with Gasteiger partial charge < -0.3 is 9.47 Å². The summed E-state index contributed by atoms with van der Waals surface area (Å²) >= 11 is 0. The molecule has 0 aliphatic carbocycles. The number of rotatable bonds is 4. The monoisotopic (exact) mass is 316 g/mol. The van der Waals surface area contributed by atoms with Crippen LogP contribution in [0.4, 0.5) is 0 Å². The van der Waals surface area contributed by atoms with E-state index in [1.807, 2.05) is 25.1 Å². The van der Waals surface area contributed by atoms with Crippen LogP contribution in [-0.2, 0) is 25.5 Å². The van der Waals surface area contributed by atoms with Gasteiger partial charge in [-0.15, -0.1) is 0 Å². The summed E-state index contributed by atoms with van der Waals surface area (Å²) in [7, 11) is 1.29. The van der Waals surface area contributed by atoms with Crippen LogP contribution in [0.5, 0.6) is 0 Å². The highest BCUT2D eigenvalue weighted by Gasteiger charge is 2.54. The molecular weight excluding hydrogens is 292 g/mol. The van der Waals surface area contributed by atoms with Gasteiger partial charge in [-0.1, -0.05) is 36.4 Å². The summed E-state index contributed by atoms with van der Waals surface area (Å²) in [5, 5.41) is 0. The van der Waals surface area contributed by atoms with Gasteiger partial charge in [-0.3, -0.25) is 9.59 Å². The molecule has 0 saturated carbocycles. The molecule has 0 bridgehead atoms. The Morgan fingerprint density at radius 2 is 2.13 bits per heavy atom. The summed E-state index contributed by atoms with van der Waals surface area (Å²) in [6.45, 7) is 9.19. The van der Waals surface area contributed by atoms with Crippen LogP contribution in [0.15, 0.2) is 36.4 Å². The van der Waals surface area contributed by atoms with Crippen molar-refractivity contribution < 1.29 is 19.1 Å². The van der Waals surface area contributed by atoms with E-state index in [4.69, 9.17) is 9.47 Å². The van der Waals surface area contributed by atoms with Crippen molar-refractivity contribution in [3.63, 3.8) is 0 Å². The Balaban J connectivity index is 2.24. The first-order valence-electron chi connectivity index (χ1n) is 7.83. The summed E-state index contributed by atoms with van der Waals surface area (Å²) in [5.41, 5.74) is 1.33. The lowest BCUT2D eigenvalue weighted by atomic mass is 9.72. The predicted molar refractivity (Wildman–Crippen MR) is 88.1 cm³/mol. The summed E-state index contributed by atoms with van der Waals surface area (Å²) in [6.07, 6.45) is 0.385. The number of aryl methyl sites for hydroxylation is 2. The average molecular weight is 316 g/mol. The third-order valence-corrected chi connectivity index (χ3v) is 4.65. The number of ether oxygens (including phenoxy) is 2. The second-order valence-corrected chi connectivity index (χ2v) is 6.34. The Morgan fingerprint density at radius 1 is 1.43 bits per heavy atom. The van der Waals surface area contributed by atoms with E-state index in [2.05, 4.69) is 12.6 Å². The van der Waals surface area contributed by atoms with E-state index >= 15 is 0 Å². The molecule has 4 nitrogen and oxygen atoms in total. The van der Waals surface area contributed by atoms with Crippen molar-refractivity contribution in [1.29, 1.82) is 0 Å². The highest BCUT2D eigenvalue weighted by atomic mass is 16.5. The van der Waals surface area contributed by atoms with E-state index in [9.17, 15) is 9.59 Å². The van der Waals surface area contributed by atoms with Crippen LogP contribution in [0.1, 0.15) is 31.4 Å². The lowest BCUT2D eigenvalue weighted by molar-refractivity contribution is -0.175. The first kappa shape index (κ1) is 17.4. The van der Waals surface area contributed by atoms with Crippen LogP contribution in [0.2, 0.25) is 0 Å². The van der Waals surface area contributed by atoms with Crippen LogP contribution >= 0.6 is 0 Å². The van der Waals surface area contributed by atoms with Gasteiger partial charge in [0.15, 0.2) is 11.2 Å². The SMILES string of the molecule is C=C1C(=O)[C@](C)(C(=O)OC)C(CCc2cccc(C)c2)O[C@@H]1C. The number of carbonyl (C=O) groups excluding carboxylic acids is 2. The zero-order valence-corrected chi connectivity index (χ0v) is 14.2. The normalized spacial score (nSPS) is 27.8. The van der Waals surface area contributed by atoms with Crippen molar-refractivity contribution in [3.05, 3.63) is 47.5 Å². The van der Waals surface area contributed by atoms with E-state index < -0.39 is 17.5 Å². The van der Waals surface area contributed by atoms with Crippen LogP contribution in [0, 0.1) is 12.3 Å². The van der Waals surface area contributed by atoms with Crippen molar-refractivity contribution in [2.45, 2.75) is 45.8 Å². The van der Waals surface area contributed by atoms with E-state index in [1.54, 1.807) is 13.8 Å². The first-order chi connectivity index (χ1) is 10.8. The highest BCUT2D eigenvalue weighted by molar-refractivity contribution is 6.13. The molecule has 0 amide bonds. The zero-order valence-electron chi connectivity index (χ0n) is 14.2. The third-order valence-electron chi connectivity index (χ3n) is 4.65. The van der Waals surface area contributed by atoms with Gasteiger partial charge in [-0.2, -0.15) is 0 Å². The number of ketones is 1. The molecule has 1 fully saturated rings. The highest BCUT2D eigenvalue weighted by Crippen LogP contribution is 2.39. The Labute approximate surface area is 137 Å². The van der Waals surface area contributed by atoms with Crippen molar-refractivity contribution in [1.82, 2.24) is 0 Å². The Hall–Kier alpha value is -1.94. The van der Waals surface area contributed by atoms with Gasteiger partial charge in [-0.25, -0.2) is 0 Å². The van der Waals surface area contributed by atoms with Crippen molar-refractivity contribution in [2.24, 2.45) is 5.41 Å². The molecule has 124 valence electrons. The van der Waals surface area contributed by atoms with Crippen molar-refractivity contribution >= 4 is 11.8 Å². The lowest BCUT2D eigenvalue weighted by Gasteiger charge is -2.41. The summed E-state index contributed by atoms with van der Waals surface area (Å²) < 4.78 is 10.8. The minimum atomic E-state index is -1.33. The second-order valence-electron chi connectivity index (χ2n) is 6.34. The first-order valence-corrected chi connectivity index (χ1v) is 7.83. The number of carbonyl (C=O) groups is 2. The van der Waals surface area contributed by atoms with Crippen molar-refractivity contribution in [3.8, 4) is 0 Å². The fraction of sp³-hybridized carbons (Fsp3) is 0.474. The molecule has 0 aromatic heterocycles. The molecular formula is C19H24O4. The summed E-state index contributed by atoms with van der Waals surface area (Å²) in [5.74, 6) is -0.845. The molecule has 1 saturated heterocycles. The fourth-order valence-corrected chi connectivity index (χ4v) is 3.09. The quantitative estimate of drug-likeness (QED) is 0.487. The van der Waals surface area contributed by atoms with Gasteiger partial charge in [0, 0.05) is 5.57 Å². The number of methoxy groups -OCH3 is 1. The minimum absolute atomic E-state index is 0.280. The Morgan fingerprint density at radius 3 is 2.74 bits per heavy atom. The largest absolute Gasteiger partial charge is 0.468 e. The van der Waals surface area contributed by atoms with Crippen molar-refractivity contribution in [2.75, 3.05) is 7.11 Å². The number of hydrogen-bond acceptors (Lipinski definition) is 4. The van der Waals surface area contributed by atoms with Crippen LogP contribution < -0.4 is 0 Å². The summed E-state index contributed by atoms with van der Waals surface area (Å²) in [4.78, 5) is 24.9. The molecule has 2 rings (SSSR count). The number of esters is 1. The molecule has 1 aromatic carbocycles. The molecule has 0 N–H and O–H groups in total. The second kappa shape index (κ2) is 6.67. The molecule has 1 unspecified atom stereocenters. The molecule has 1 aromatic rings. The van der Waals surface area contributed by atoms with Crippen LogP contribution in [0.3, 0.4) is 0 Å². The smallest absolute Gasteiger partial charge is 0.322 e. The molecule has 4 heteroatoms. The van der Waals surface area contributed by atoms with E-state index in [-0.39, 0.29) is 11.9 Å². The molecule has 23 heavy (non-hydrogen) atoms. The Kier molecular flexibility index (Phi) is 5.05. The topological polar surface area (TPSA) is 52.6 Å². The number of hydrogen-bond donors (Lipinski definition) is 0. The summed E-state index contributed by atoms with van der Waals surface area (Å²) in [6, 6.07) is 8.17. The number of benzene rings is 1. The maximum absolute atomic E-state index is 12.7. The van der Waals surface area contributed by atoms with E-state index in [0.29, 0.717) is 12.0 Å². The standard InChI is InChI=1S/C19H24O4/c1-12-7-6-8-15(11-12)9-10-16-19(4,18(21)22-5)17(20)13(2)14(3)23-16/h6-8,11,14,16H,2,9-10H2,1,3-5H3/t14-,16?,19-/m1/s1. The molecule has 1 aliphatic heterocycles. The predicted octanol–water partition coefficient (Wildman–Crippen LogP) is 3.02. The lowest BCUT2D eigenvalue weighted by Crippen LogP contribution is -2.55. The van der Waals surface area contributed by atoms with Gasteiger partial charge in [0.05, 0.1) is 19.3 Å². The molecule has 1 heterocycles. The van der Waals surface area contributed by atoms with Crippen LogP contribution in [0.25, 0.3) is 0 Å². The maximum atomic E-state index is 12.7. The molecule has 1 aliphatic rings. The average Bonchev–Trinajstić information content (AvgIpc) is 2.54. The number of Topliss-reactive ketones (excluding diaryl/α,β-unsaturated/α-hetero) is 1. The van der Waals surface area contributed by atoms with E-state index in [1.165, 1.54) is 12.7 Å².